The maximum atomic E-state index is 11.1. The van der Waals surface area contributed by atoms with Crippen molar-refractivity contribution < 1.29 is 14.6 Å². The first-order valence-corrected chi connectivity index (χ1v) is 6.09. The zero-order chi connectivity index (χ0) is 12.7. The monoisotopic (exact) mass is 236 g/mol. The summed E-state index contributed by atoms with van der Waals surface area (Å²) < 4.78 is 5.12. The van der Waals surface area contributed by atoms with Gasteiger partial charge in [0.15, 0.2) is 0 Å². The topological polar surface area (TPSA) is 46.5 Å². The van der Waals surface area contributed by atoms with Crippen LogP contribution in [-0.4, -0.2) is 18.2 Å². The Kier molecular flexibility index (Phi) is 5.53. The molecule has 17 heavy (non-hydrogen) atoms. The highest BCUT2D eigenvalue weighted by molar-refractivity contribution is 5.89. The number of methoxy groups -OCH3 is 1. The standard InChI is InChI=1S/C14H20O3/c1-3-4-5-6-7-11-10-12(17-2)8-9-13(11)14(15)16/h8-10H,3-7H2,1-2H3,(H,15,16). The van der Waals surface area contributed by atoms with Crippen molar-refractivity contribution in [1.29, 1.82) is 0 Å². The van der Waals surface area contributed by atoms with Crippen LogP contribution in [0.15, 0.2) is 18.2 Å². The lowest BCUT2D eigenvalue weighted by Gasteiger charge is -2.08. The van der Waals surface area contributed by atoms with Crippen LogP contribution in [0.1, 0.15) is 48.5 Å². The van der Waals surface area contributed by atoms with E-state index in [1.807, 2.05) is 6.07 Å². The summed E-state index contributed by atoms with van der Waals surface area (Å²) in [6, 6.07) is 5.14. The Morgan fingerprint density at radius 1 is 1.29 bits per heavy atom. The summed E-state index contributed by atoms with van der Waals surface area (Å²) in [5.74, 6) is -0.140. The summed E-state index contributed by atoms with van der Waals surface area (Å²) in [7, 11) is 1.59. The van der Waals surface area contributed by atoms with Gasteiger partial charge in [0.05, 0.1) is 12.7 Å². The van der Waals surface area contributed by atoms with E-state index in [0.29, 0.717) is 5.56 Å². The van der Waals surface area contributed by atoms with Gasteiger partial charge in [0.2, 0.25) is 0 Å². The molecule has 94 valence electrons. The molecular weight excluding hydrogens is 216 g/mol. The van der Waals surface area contributed by atoms with E-state index in [1.165, 1.54) is 12.8 Å². The van der Waals surface area contributed by atoms with E-state index in [2.05, 4.69) is 6.92 Å². The molecule has 1 aromatic rings. The van der Waals surface area contributed by atoms with E-state index in [1.54, 1.807) is 19.2 Å². The van der Waals surface area contributed by atoms with Crippen molar-refractivity contribution in [3.05, 3.63) is 29.3 Å². The molecule has 0 fully saturated rings. The molecule has 0 bridgehead atoms. The predicted molar refractivity (Wildman–Crippen MR) is 67.8 cm³/mol. The van der Waals surface area contributed by atoms with Crippen LogP contribution in [0, 0.1) is 0 Å². The molecule has 0 unspecified atom stereocenters. The van der Waals surface area contributed by atoms with Crippen LogP contribution >= 0.6 is 0 Å². The molecule has 0 radical (unpaired) electrons. The SMILES string of the molecule is CCCCCCc1cc(OC)ccc1C(=O)O. The van der Waals surface area contributed by atoms with Gasteiger partial charge < -0.3 is 9.84 Å². The smallest absolute Gasteiger partial charge is 0.335 e. The zero-order valence-electron chi connectivity index (χ0n) is 10.5. The molecule has 0 aliphatic heterocycles. The molecule has 0 amide bonds. The van der Waals surface area contributed by atoms with Crippen LogP contribution in [0.5, 0.6) is 5.75 Å². The molecule has 0 saturated heterocycles. The number of hydrogen-bond acceptors (Lipinski definition) is 2. The van der Waals surface area contributed by atoms with E-state index in [0.717, 1.165) is 30.6 Å². The molecule has 3 nitrogen and oxygen atoms in total. The lowest BCUT2D eigenvalue weighted by molar-refractivity contribution is 0.0695. The molecule has 0 spiro atoms. The molecule has 0 aliphatic rings. The summed E-state index contributed by atoms with van der Waals surface area (Å²) in [6.07, 6.45) is 5.36. The third kappa shape index (κ3) is 4.10. The van der Waals surface area contributed by atoms with Gasteiger partial charge in [-0.15, -0.1) is 0 Å². The number of carboxylic acid groups (broad SMARTS) is 1. The number of hydrogen-bond donors (Lipinski definition) is 1. The second-order valence-electron chi connectivity index (χ2n) is 4.14. The van der Waals surface area contributed by atoms with Crippen LogP contribution in [0.2, 0.25) is 0 Å². The average Bonchev–Trinajstić information content (AvgIpc) is 2.34. The Balaban J connectivity index is 2.75. The largest absolute Gasteiger partial charge is 0.497 e. The molecule has 3 heteroatoms. The molecule has 0 heterocycles. The van der Waals surface area contributed by atoms with Gasteiger partial charge in [-0.3, -0.25) is 0 Å². The third-order valence-electron chi connectivity index (χ3n) is 2.84. The van der Waals surface area contributed by atoms with E-state index in [-0.39, 0.29) is 0 Å². The second kappa shape index (κ2) is 6.94. The van der Waals surface area contributed by atoms with Gasteiger partial charge in [-0.1, -0.05) is 26.2 Å². The minimum absolute atomic E-state index is 0.391. The first-order chi connectivity index (χ1) is 8.19. The summed E-state index contributed by atoms with van der Waals surface area (Å²) in [6.45, 7) is 2.16. The van der Waals surface area contributed by atoms with Gasteiger partial charge in [0, 0.05) is 0 Å². The van der Waals surface area contributed by atoms with Crippen LogP contribution in [0.4, 0.5) is 0 Å². The predicted octanol–water partition coefficient (Wildman–Crippen LogP) is 3.52. The van der Waals surface area contributed by atoms with Gasteiger partial charge in [-0.2, -0.15) is 0 Å². The van der Waals surface area contributed by atoms with Crippen molar-refractivity contribution in [2.75, 3.05) is 7.11 Å². The van der Waals surface area contributed by atoms with Crippen molar-refractivity contribution >= 4 is 5.97 Å². The maximum Gasteiger partial charge on any atom is 0.335 e. The Labute approximate surface area is 102 Å². The van der Waals surface area contributed by atoms with Crippen molar-refractivity contribution in [2.24, 2.45) is 0 Å². The molecule has 1 rings (SSSR count). The fraction of sp³-hybridized carbons (Fsp3) is 0.500. The highest BCUT2D eigenvalue weighted by atomic mass is 16.5. The normalized spacial score (nSPS) is 10.2. The van der Waals surface area contributed by atoms with Crippen LogP contribution in [0.3, 0.4) is 0 Å². The number of unbranched alkanes of at least 4 members (excludes halogenated alkanes) is 3. The number of carboxylic acids is 1. The first kappa shape index (κ1) is 13.6. The van der Waals surface area contributed by atoms with Crippen molar-refractivity contribution in [1.82, 2.24) is 0 Å². The Morgan fingerprint density at radius 3 is 2.65 bits per heavy atom. The van der Waals surface area contributed by atoms with Crippen LogP contribution in [0.25, 0.3) is 0 Å². The van der Waals surface area contributed by atoms with Crippen LogP contribution in [-0.2, 0) is 6.42 Å². The summed E-state index contributed by atoms with van der Waals surface area (Å²) in [5, 5.41) is 9.09. The van der Waals surface area contributed by atoms with Crippen LogP contribution < -0.4 is 4.74 Å². The minimum atomic E-state index is -0.863. The Morgan fingerprint density at radius 2 is 2.06 bits per heavy atom. The van der Waals surface area contributed by atoms with Gasteiger partial charge in [-0.25, -0.2) is 4.79 Å². The van der Waals surface area contributed by atoms with E-state index < -0.39 is 5.97 Å². The van der Waals surface area contributed by atoms with Crippen molar-refractivity contribution in [3.63, 3.8) is 0 Å². The number of ether oxygens (including phenoxy) is 1. The molecule has 0 atom stereocenters. The van der Waals surface area contributed by atoms with Gasteiger partial charge in [0.25, 0.3) is 0 Å². The van der Waals surface area contributed by atoms with Gasteiger partial charge in [-0.05, 0) is 36.6 Å². The average molecular weight is 236 g/mol. The van der Waals surface area contributed by atoms with Crippen molar-refractivity contribution in [3.8, 4) is 5.75 Å². The number of carbonyl (C=O) groups is 1. The zero-order valence-corrected chi connectivity index (χ0v) is 10.5. The highest BCUT2D eigenvalue weighted by Crippen LogP contribution is 2.20. The molecular formula is C14H20O3. The molecule has 0 aliphatic carbocycles. The number of benzene rings is 1. The first-order valence-electron chi connectivity index (χ1n) is 6.09. The highest BCUT2D eigenvalue weighted by Gasteiger charge is 2.10. The third-order valence-corrected chi connectivity index (χ3v) is 2.84. The summed E-state index contributed by atoms with van der Waals surface area (Å²) in [5.41, 5.74) is 1.26. The molecule has 0 saturated carbocycles. The molecule has 1 aromatic carbocycles. The number of aromatic carboxylic acids is 1. The fourth-order valence-corrected chi connectivity index (χ4v) is 1.85. The van der Waals surface area contributed by atoms with E-state index in [9.17, 15) is 4.79 Å². The van der Waals surface area contributed by atoms with Gasteiger partial charge >= 0.3 is 5.97 Å². The lowest BCUT2D eigenvalue weighted by Crippen LogP contribution is -2.03. The molecule has 0 aromatic heterocycles. The quantitative estimate of drug-likeness (QED) is 0.737. The Bertz CT molecular complexity index is 372. The van der Waals surface area contributed by atoms with Crippen molar-refractivity contribution in [2.45, 2.75) is 39.0 Å². The Hall–Kier alpha value is -1.51. The molecule has 1 N–H and O–H groups in total. The van der Waals surface area contributed by atoms with E-state index in [4.69, 9.17) is 9.84 Å². The van der Waals surface area contributed by atoms with E-state index >= 15 is 0 Å². The minimum Gasteiger partial charge on any atom is -0.497 e. The number of rotatable bonds is 7. The summed E-state index contributed by atoms with van der Waals surface area (Å²) >= 11 is 0. The van der Waals surface area contributed by atoms with Gasteiger partial charge in [0.1, 0.15) is 5.75 Å². The second-order valence-corrected chi connectivity index (χ2v) is 4.14. The number of aryl methyl sites for hydroxylation is 1. The lowest BCUT2D eigenvalue weighted by atomic mass is 10.0. The fourth-order valence-electron chi connectivity index (χ4n) is 1.85. The summed E-state index contributed by atoms with van der Waals surface area (Å²) in [4.78, 5) is 11.1. The maximum absolute atomic E-state index is 11.1.